The van der Waals surface area contributed by atoms with Crippen molar-refractivity contribution >= 4 is 17.7 Å². The van der Waals surface area contributed by atoms with E-state index in [2.05, 4.69) is 15.3 Å². The maximum atomic E-state index is 10.4. The number of rotatable bonds is 10. The SMILES string of the molecule is CNc1nc(N)c(C)c(CCCCCCCCC(=O)O)n1. The van der Waals surface area contributed by atoms with Gasteiger partial charge in [-0.1, -0.05) is 25.7 Å². The highest BCUT2D eigenvalue weighted by Gasteiger charge is 2.07. The molecule has 6 nitrogen and oxygen atoms in total. The summed E-state index contributed by atoms with van der Waals surface area (Å²) in [6.45, 7) is 1.95. The van der Waals surface area contributed by atoms with Crippen LogP contribution in [0.4, 0.5) is 11.8 Å². The second-order valence-electron chi connectivity index (χ2n) is 5.27. The molecule has 0 saturated heterocycles. The smallest absolute Gasteiger partial charge is 0.303 e. The molecule has 1 aromatic rings. The molecule has 1 aromatic heterocycles. The fourth-order valence-corrected chi connectivity index (χ4v) is 2.21. The van der Waals surface area contributed by atoms with E-state index in [-0.39, 0.29) is 6.42 Å². The van der Waals surface area contributed by atoms with Crippen LogP contribution in [0.25, 0.3) is 0 Å². The van der Waals surface area contributed by atoms with Crippen LogP contribution in [0.3, 0.4) is 0 Å². The molecule has 0 spiro atoms. The summed E-state index contributed by atoms with van der Waals surface area (Å²) in [5.74, 6) is 0.409. The van der Waals surface area contributed by atoms with Crippen molar-refractivity contribution in [1.82, 2.24) is 9.97 Å². The van der Waals surface area contributed by atoms with Gasteiger partial charge in [-0.2, -0.15) is 4.98 Å². The Balaban J connectivity index is 2.24. The fraction of sp³-hybridized carbons (Fsp3) is 0.667. The predicted octanol–water partition coefficient (Wildman–Crippen LogP) is 2.77. The van der Waals surface area contributed by atoms with Crippen LogP contribution in [0.15, 0.2) is 0 Å². The van der Waals surface area contributed by atoms with Gasteiger partial charge in [0, 0.05) is 19.0 Å². The Labute approximate surface area is 126 Å². The van der Waals surface area contributed by atoms with Gasteiger partial charge < -0.3 is 16.2 Å². The van der Waals surface area contributed by atoms with Gasteiger partial charge >= 0.3 is 5.97 Å². The van der Waals surface area contributed by atoms with Gasteiger partial charge in [-0.25, -0.2) is 4.98 Å². The monoisotopic (exact) mass is 294 g/mol. The first kappa shape index (κ1) is 17.2. The zero-order chi connectivity index (χ0) is 15.7. The molecule has 0 saturated carbocycles. The van der Waals surface area contributed by atoms with Crippen LogP contribution < -0.4 is 11.1 Å². The molecule has 0 aromatic carbocycles. The zero-order valence-electron chi connectivity index (χ0n) is 13.0. The van der Waals surface area contributed by atoms with Crippen LogP contribution in [-0.4, -0.2) is 28.1 Å². The number of nitrogens with zero attached hydrogens (tertiary/aromatic N) is 2. The maximum absolute atomic E-state index is 10.4. The third-order valence-corrected chi connectivity index (χ3v) is 3.56. The Morgan fingerprint density at radius 2 is 1.76 bits per heavy atom. The van der Waals surface area contributed by atoms with Crippen LogP contribution in [0.1, 0.15) is 56.2 Å². The highest BCUT2D eigenvalue weighted by atomic mass is 16.4. The van der Waals surface area contributed by atoms with Gasteiger partial charge in [0.15, 0.2) is 0 Å². The lowest BCUT2D eigenvalue weighted by molar-refractivity contribution is -0.137. The lowest BCUT2D eigenvalue weighted by atomic mass is 10.1. The zero-order valence-corrected chi connectivity index (χ0v) is 13.0. The summed E-state index contributed by atoms with van der Waals surface area (Å²) >= 11 is 0. The van der Waals surface area contributed by atoms with Crippen molar-refractivity contribution in [3.05, 3.63) is 11.3 Å². The molecule has 0 fully saturated rings. The third-order valence-electron chi connectivity index (χ3n) is 3.56. The van der Waals surface area contributed by atoms with Crippen molar-refractivity contribution in [3.8, 4) is 0 Å². The number of nitrogen functional groups attached to an aromatic ring is 1. The van der Waals surface area contributed by atoms with E-state index in [1.807, 2.05) is 6.92 Å². The Kier molecular flexibility index (Phi) is 7.50. The second kappa shape index (κ2) is 9.15. The molecule has 4 N–H and O–H groups in total. The molecule has 0 bridgehead atoms. The molecule has 0 aliphatic rings. The minimum absolute atomic E-state index is 0.284. The number of aromatic nitrogens is 2. The average Bonchev–Trinajstić information content (AvgIpc) is 2.45. The highest BCUT2D eigenvalue weighted by molar-refractivity contribution is 5.66. The fourth-order valence-electron chi connectivity index (χ4n) is 2.21. The van der Waals surface area contributed by atoms with Gasteiger partial charge in [-0.3, -0.25) is 4.79 Å². The molecule has 6 heteroatoms. The number of aryl methyl sites for hydroxylation is 1. The predicted molar refractivity (Wildman–Crippen MR) is 84.4 cm³/mol. The molecule has 1 rings (SSSR count). The summed E-state index contributed by atoms with van der Waals surface area (Å²) in [5, 5.41) is 11.5. The minimum Gasteiger partial charge on any atom is -0.481 e. The molecule has 0 aliphatic carbocycles. The molecule has 21 heavy (non-hydrogen) atoms. The summed E-state index contributed by atoms with van der Waals surface area (Å²) < 4.78 is 0. The van der Waals surface area contributed by atoms with E-state index in [4.69, 9.17) is 10.8 Å². The normalized spacial score (nSPS) is 10.6. The van der Waals surface area contributed by atoms with Gasteiger partial charge in [0.2, 0.25) is 5.95 Å². The van der Waals surface area contributed by atoms with E-state index in [1.54, 1.807) is 7.05 Å². The minimum atomic E-state index is -0.702. The summed E-state index contributed by atoms with van der Waals surface area (Å²) in [7, 11) is 1.78. The first-order valence-corrected chi connectivity index (χ1v) is 7.57. The summed E-state index contributed by atoms with van der Waals surface area (Å²) in [6.07, 6.45) is 7.40. The topological polar surface area (TPSA) is 101 Å². The summed E-state index contributed by atoms with van der Waals surface area (Å²) in [5.41, 5.74) is 7.85. The maximum Gasteiger partial charge on any atom is 0.303 e. The first-order valence-electron chi connectivity index (χ1n) is 7.57. The lowest BCUT2D eigenvalue weighted by Crippen LogP contribution is -2.07. The molecule has 0 radical (unpaired) electrons. The van der Waals surface area contributed by atoms with Crippen molar-refractivity contribution in [3.63, 3.8) is 0 Å². The van der Waals surface area contributed by atoms with Crippen molar-refractivity contribution in [1.29, 1.82) is 0 Å². The van der Waals surface area contributed by atoms with E-state index in [0.717, 1.165) is 56.2 Å². The van der Waals surface area contributed by atoms with Gasteiger partial charge in [-0.05, 0) is 26.2 Å². The number of aliphatic carboxylic acids is 1. The number of nitrogens with one attached hydrogen (secondary N) is 1. The Morgan fingerprint density at radius 3 is 2.38 bits per heavy atom. The number of anilines is 2. The molecule has 1 heterocycles. The molecular weight excluding hydrogens is 268 g/mol. The number of carboxylic acid groups (broad SMARTS) is 1. The standard InChI is InChI=1S/C15H26N4O2/c1-11-12(18-15(17-2)19-14(11)16)9-7-5-3-4-6-8-10-13(20)21/h3-10H2,1-2H3,(H,20,21)(H3,16,17,18,19). The number of hydrogen-bond donors (Lipinski definition) is 3. The van der Waals surface area contributed by atoms with Crippen molar-refractivity contribution in [2.75, 3.05) is 18.1 Å². The molecule has 0 unspecified atom stereocenters. The van der Waals surface area contributed by atoms with E-state index in [9.17, 15) is 4.79 Å². The summed E-state index contributed by atoms with van der Waals surface area (Å²) in [4.78, 5) is 19.0. The average molecular weight is 294 g/mol. The third kappa shape index (κ3) is 6.42. The van der Waals surface area contributed by atoms with Crippen LogP contribution in [0.5, 0.6) is 0 Å². The number of nitrogens with two attached hydrogens (primary N) is 1. The van der Waals surface area contributed by atoms with Crippen molar-refractivity contribution < 1.29 is 9.90 Å². The van der Waals surface area contributed by atoms with Crippen molar-refractivity contribution in [2.45, 2.75) is 58.3 Å². The van der Waals surface area contributed by atoms with E-state index >= 15 is 0 Å². The van der Waals surface area contributed by atoms with Gasteiger partial charge in [0.05, 0.1) is 5.69 Å². The lowest BCUT2D eigenvalue weighted by Gasteiger charge is -2.09. The van der Waals surface area contributed by atoms with Crippen LogP contribution in [0.2, 0.25) is 0 Å². The quantitative estimate of drug-likeness (QED) is 0.574. The molecular formula is C15H26N4O2. The molecule has 0 aliphatic heterocycles. The number of hydrogen-bond acceptors (Lipinski definition) is 5. The second-order valence-corrected chi connectivity index (χ2v) is 5.27. The number of unbranched alkanes of at least 4 members (excludes halogenated alkanes) is 5. The first-order chi connectivity index (χ1) is 10.0. The summed E-state index contributed by atoms with van der Waals surface area (Å²) in [6, 6.07) is 0. The number of carbonyl (C=O) groups is 1. The molecule has 0 atom stereocenters. The Morgan fingerprint density at radius 1 is 1.14 bits per heavy atom. The van der Waals surface area contributed by atoms with E-state index < -0.39 is 5.97 Å². The van der Waals surface area contributed by atoms with Crippen molar-refractivity contribution in [2.24, 2.45) is 0 Å². The van der Waals surface area contributed by atoms with Crippen LogP contribution in [-0.2, 0) is 11.2 Å². The van der Waals surface area contributed by atoms with Gasteiger partial charge in [0.1, 0.15) is 5.82 Å². The van der Waals surface area contributed by atoms with E-state index in [1.165, 1.54) is 0 Å². The van der Waals surface area contributed by atoms with Gasteiger partial charge in [0.25, 0.3) is 0 Å². The van der Waals surface area contributed by atoms with Crippen LogP contribution in [0, 0.1) is 6.92 Å². The Bertz CT molecular complexity index is 463. The molecule has 0 amide bonds. The van der Waals surface area contributed by atoms with Gasteiger partial charge in [-0.15, -0.1) is 0 Å². The molecule has 118 valence electrons. The number of carboxylic acids is 1. The largest absolute Gasteiger partial charge is 0.481 e. The van der Waals surface area contributed by atoms with E-state index in [0.29, 0.717) is 11.8 Å². The van der Waals surface area contributed by atoms with Crippen LogP contribution >= 0.6 is 0 Å². The highest BCUT2D eigenvalue weighted by Crippen LogP contribution is 2.17. The Hall–Kier alpha value is -1.85.